The van der Waals surface area contributed by atoms with Crippen molar-refractivity contribution in [3.63, 3.8) is 0 Å². The van der Waals surface area contributed by atoms with E-state index in [1.165, 1.54) is 11.1 Å². The molecule has 0 atom stereocenters. The number of amides is 2. The fourth-order valence-electron chi connectivity index (χ4n) is 2.76. The van der Waals surface area contributed by atoms with Crippen LogP contribution in [0.1, 0.15) is 30.9 Å². The smallest absolute Gasteiger partial charge is 0.222 e. The minimum absolute atomic E-state index is 0.101. The maximum atomic E-state index is 12.3. The number of carbonyl (C=O) groups excluding carboxylic acids is 2. The number of rotatable bonds is 3. The second kappa shape index (κ2) is 7.25. The van der Waals surface area contributed by atoms with Gasteiger partial charge in [-0.2, -0.15) is 0 Å². The van der Waals surface area contributed by atoms with Crippen LogP contribution in [0.2, 0.25) is 0 Å². The van der Waals surface area contributed by atoms with Gasteiger partial charge < -0.3 is 9.80 Å². The van der Waals surface area contributed by atoms with E-state index in [-0.39, 0.29) is 11.8 Å². The third-order valence-corrected chi connectivity index (χ3v) is 4.00. The van der Waals surface area contributed by atoms with Crippen molar-refractivity contribution in [3.05, 3.63) is 35.4 Å². The first-order chi connectivity index (χ1) is 10.1. The molecular weight excluding hydrogens is 264 g/mol. The molecule has 0 saturated carbocycles. The lowest BCUT2D eigenvalue weighted by Crippen LogP contribution is -2.36. The number of aryl methyl sites for hydroxylation is 2. The SMILES string of the molecule is CC(=O)N1CCCN(C(=O)CCc2cccc(C)c2)CC1. The lowest BCUT2D eigenvalue weighted by molar-refractivity contribution is -0.132. The van der Waals surface area contributed by atoms with Gasteiger partial charge in [-0.15, -0.1) is 0 Å². The average Bonchev–Trinajstić information content (AvgIpc) is 2.71. The molecule has 1 saturated heterocycles. The normalized spacial score (nSPS) is 15.7. The quantitative estimate of drug-likeness (QED) is 0.853. The molecule has 4 heteroatoms. The van der Waals surface area contributed by atoms with Crippen LogP contribution in [0.3, 0.4) is 0 Å². The lowest BCUT2D eigenvalue weighted by atomic mass is 10.1. The molecule has 0 N–H and O–H groups in total. The van der Waals surface area contributed by atoms with E-state index in [4.69, 9.17) is 0 Å². The van der Waals surface area contributed by atoms with Gasteiger partial charge in [-0.25, -0.2) is 0 Å². The zero-order chi connectivity index (χ0) is 15.2. The van der Waals surface area contributed by atoms with Crippen molar-refractivity contribution in [2.24, 2.45) is 0 Å². The second-order valence-electron chi connectivity index (χ2n) is 5.73. The summed E-state index contributed by atoms with van der Waals surface area (Å²) < 4.78 is 0. The lowest BCUT2D eigenvalue weighted by Gasteiger charge is -2.21. The molecule has 21 heavy (non-hydrogen) atoms. The van der Waals surface area contributed by atoms with E-state index in [1.807, 2.05) is 15.9 Å². The Hall–Kier alpha value is -1.84. The van der Waals surface area contributed by atoms with E-state index in [2.05, 4.69) is 25.1 Å². The molecule has 0 unspecified atom stereocenters. The highest BCUT2D eigenvalue weighted by molar-refractivity contribution is 5.77. The third-order valence-electron chi connectivity index (χ3n) is 4.00. The number of carbonyl (C=O) groups is 2. The molecular formula is C17H24N2O2. The number of hydrogen-bond donors (Lipinski definition) is 0. The van der Waals surface area contributed by atoms with Gasteiger partial charge in [-0.3, -0.25) is 9.59 Å². The fraction of sp³-hybridized carbons (Fsp3) is 0.529. The molecule has 1 fully saturated rings. The summed E-state index contributed by atoms with van der Waals surface area (Å²) in [5.41, 5.74) is 2.44. The molecule has 114 valence electrons. The summed E-state index contributed by atoms with van der Waals surface area (Å²) >= 11 is 0. The molecule has 0 aliphatic carbocycles. The number of benzene rings is 1. The summed E-state index contributed by atoms with van der Waals surface area (Å²) in [7, 11) is 0. The van der Waals surface area contributed by atoms with Crippen molar-refractivity contribution in [3.8, 4) is 0 Å². The van der Waals surface area contributed by atoms with E-state index in [9.17, 15) is 9.59 Å². The zero-order valence-electron chi connectivity index (χ0n) is 13.0. The first-order valence-corrected chi connectivity index (χ1v) is 7.65. The number of nitrogens with zero attached hydrogens (tertiary/aromatic N) is 2. The van der Waals surface area contributed by atoms with Crippen LogP contribution in [0.25, 0.3) is 0 Å². The van der Waals surface area contributed by atoms with Gasteiger partial charge in [0, 0.05) is 39.5 Å². The second-order valence-corrected chi connectivity index (χ2v) is 5.73. The maximum Gasteiger partial charge on any atom is 0.222 e. The fourth-order valence-corrected chi connectivity index (χ4v) is 2.76. The molecule has 0 aromatic heterocycles. The Bertz CT molecular complexity index is 513. The van der Waals surface area contributed by atoms with Crippen LogP contribution in [0, 0.1) is 6.92 Å². The predicted molar refractivity (Wildman–Crippen MR) is 83.0 cm³/mol. The summed E-state index contributed by atoms with van der Waals surface area (Å²) in [6.45, 7) is 6.50. The molecule has 0 spiro atoms. The van der Waals surface area contributed by atoms with Crippen LogP contribution < -0.4 is 0 Å². The highest BCUT2D eigenvalue weighted by Gasteiger charge is 2.19. The van der Waals surface area contributed by atoms with Gasteiger partial charge in [-0.05, 0) is 25.3 Å². The Labute approximate surface area is 126 Å². The van der Waals surface area contributed by atoms with Gasteiger partial charge in [0.05, 0.1) is 0 Å². The van der Waals surface area contributed by atoms with E-state index < -0.39 is 0 Å². The topological polar surface area (TPSA) is 40.6 Å². The molecule has 2 amide bonds. The van der Waals surface area contributed by atoms with Crippen LogP contribution in [-0.4, -0.2) is 47.8 Å². The minimum Gasteiger partial charge on any atom is -0.341 e. The average molecular weight is 288 g/mol. The minimum atomic E-state index is 0.101. The van der Waals surface area contributed by atoms with Crippen molar-refractivity contribution >= 4 is 11.8 Å². The summed E-state index contributed by atoms with van der Waals surface area (Å²) in [4.78, 5) is 27.4. The predicted octanol–water partition coefficient (Wildman–Crippen LogP) is 2.01. The van der Waals surface area contributed by atoms with E-state index in [0.29, 0.717) is 19.5 Å². The highest BCUT2D eigenvalue weighted by Crippen LogP contribution is 2.10. The Morgan fingerprint density at radius 2 is 1.81 bits per heavy atom. The highest BCUT2D eigenvalue weighted by atomic mass is 16.2. The van der Waals surface area contributed by atoms with Crippen LogP contribution in [0.4, 0.5) is 0 Å². The summed E-state index contributed by atoms with van der Waals surface area (Å²) in [6.07, 6.45) is 2.20. The van der Waals surface area contributed by atoms with E-state index in [0.717, 1.165) is 25.9 Å². The Kier molecular flexibility index (Phi) is 5.37. The van der Waals surface area contributed by atoms with Gasteiger partial charge in [0.2, 0.25) is 11.8 Å². The van der Waals surface area contributed by atoms with E-state index in [1.54, 1.807) is 6.92 Å². The molecule has 0 radical (unpaired) electrons. The Morgan fingerprint density at radius 3 is 2.52 bits per heavy atom. The zero-order valence-corrected chi connectivity index (χ0v) is 13.0. The van der Waals surface area contributed by atoms with Crippen molar-refractivity contribution in [2.45, 2.75) is 33.1 Å². The molecule has 1 heterocycles. The first-order valence-electron chi connectivity index (χ1n) is 7.65. The van der Waals surface area contributed by atoms with Gasteiger partial charge in [0.15, 0.2) is 0 Å². The molecule has 0 bridgehead atoms. The van der Waals surface area contributed by atoms with Crippen molar-refractivity contribution < 1.29 is 9.59 Å². The Balaban J connectivity index is 1.84. The first kappa shape index (κ1) is 15.5. The van der Waals surface area contributed by atoms with Gasteiger partial charge in [0.25, 0.3) is 0 Å². The van der Waals surface area contributed by atoms with Crippen molar-refractivity contribution in [1.29, 1.82) is 0 Å². The summed E-state index contributed by atoms with van der Waals surface area (Å²) in [5, 5.41) is 0. The van der Waals surface area contributed by atoms with Gasteiger partial charge in [0.1, 0.15) is 0 Å². The third kappa shape index (κ3) is 4.59. The molecule has 1 aliphatic rings. The Morgan fingerprint density at radius 1 is 1.10 bits per heavy atom. The van der Waals surface area contributed by atoms with Gasteiger partial charge in [-0.1, -0.05) is 29.8 Å². The van der Waals surface area contributed by atoms with Crippen molar-refractivity contribution in [2.75, 3.05) is 26.2 Å². The number of hydrogen-bond acceptors (Lipinski definition) is 2. The summed E-state index contributed by atoms with van der Waals surface area (Å²) in [5.74, 6) is 0.297. The van der Waals surface area contributed by atoms with Crippen LogP contribution in [0.5, 0.6) is 0 Å². The monoisotopic (exact) mass is 288 g/mol. The largest absolute Gasteiger partial charge is 0.341 e. The molecule has 1 aliphatic heterocycles. The molecule has 1 aromatic rings. The van der Waals surface area contributed by atoms with Crippen molar-refractivity contribution in [1.82, 2.24) is 9.80 Å². The molecule has 4 nitrogen and oxygen atoms in total. The standard InChI is InChI=1S/C17H24N2O2/c1-14-5-3-6-16(13-14)7-8-17(21)19-10-4-9-18(11-12-19)15(2)20/h3,5-6,13H,4,7-12H2,1-2H3. The maximum absolute atomic E-state index is 12.3. The van der Waals surface area contributed by atoms with Crippen LogP contribution in [-0.2, 0) is 16.0 Å². The van der Waals surface area contributed by atoms with Crippen LogP contribution >= 0.6 is 0 Å². The molecule has 1 aromatic carbocycles. The summed E-state index contributed by atoms with van der Waals surface area (Å²) in [6, 6.07) is 8.30. The van der Waals surface area contributed by atoms with Crippen LogP contribution in [0.15, 0.2) is 24.3 Å². The van der Waals surface area contributed by atoms with Gasteiger partial charge >= 0.3 is 0 Å². The molecule has 2 rings (SSSR count). The van der Waals surface area contributed by atoms with E-state index >= 15 is 0 Å².